The van der Waals surface area contributed by atoms with Crippen LogP contribution in [0, 0.1) is 11.8 Å². The molecule has 1 amide bonds. The van der Waals surface area contributed by atoms with Crippen molar-refractivity contribution in [2.75, 3.05) is 41.3 Å². The zero-order valence-electron chi connectivity index (χ0n) is 24.7. The van der Waals surface area contributed by atoms with E-state index in [1.54, 1.807) is 24.3 Å². The third-order valence-corrected chi connectivity index (χ3v) is 9.02. The Hall–Kier alpha value is -3.86. The van der Waals surface area contributed by atoms with E-state index in [1.165, 1.54) is 21.3 Å². The minimum atomic E-state index is -2.64. The standard InChI is InChI=1S/C30H35NO14/c1-39-18-4-12(5-19(40-2)27(18)41-3)22-13-6-16-17(44-11-43-16)7-14(13)24(15-10-42-29(37)23(15)22)31-21(33)8-30(38)28(36)26(35)25(34)20(9-32)45-30/h4-7,15,20,22-26,28,32,34-36,38H,8-11H2,1-3H3,(H,31,33)/t15-,20+,22+,23-,24+,25+,26-,28+,30-/m0/s1. The topological polar surface area (TPSA) is 212 Å². The van der Waals surface area contributed by atoms with Crippen LogP contribution in [0.15, 0.2) is 24.3 Å². The molecule has 0 unspecified atom stereocenters. The van der Waals surface area contributed by atoms with Crippen molar-refractivity contribution in [1.29, 1.82) is 0 Å². The fraction of sp³-hybridized carbons (Fsp3) is 0.533. The van der Waals surface area contributed by atoms with Crippen LogP contribution >= 0.6 is 0 Å². The lowest BCUT2D eigenvalue weighted by molar-refractivity contribution is -0.348. The fourth-order valence-corrected chi connectivity index (χ4v) is 6.85. The molecule has 2 aromatic rings. The average Bonchev–Trinajstić information content (AvgIpc) is 3.66. The maximum Gasteiger partial charge on any atom is 0.310 e. The van der Waals surface area contributed by atoms with E-state index in [4.69, 9.17) is 33.2 Å². The van der Waals surface area contributed by atoms with Crippen LogP contribution in [-0.2, 0) is 19.1 Å². The molecule has 0 spiro atoms. The number of nitrogens with one attached hydrogen (secondary N) is 1. The van der Waals surface area contributed by atoms with Gasteiger partial charge in [-0.1, -0.05) is 0 Å². The molecule has 2 aromatic carbocycles. The summed E-state index contributed by atoms with van der Waals surface area (Å²) in [5.41, 5.74) is 1.87. The van der Waals surface area contributed by atoms with Gasteiger partial charge in [0.1, 0.15) is 24.4 Å². The van der Waals surface area contributed by atoms with E-state index in [-0.39, 0.29) is 13.4 Å². The normalized spacial score (nSPS) is 33.1. The molecule has 6 N–H and O–H groups in total. The lowest BCUT2D eigenvalue weighted by Gasteiger charge is -2.45. The molecule has 2 saturated heterocycles. The zero-order valence-corrected chi connectivity index (χ0v) is 24.7. The molecule has 15 nitrogen and oxygen atoms in total. The first-order chi connectivity index (χ1) is 21.5. The summed E-state index contributed by atoms with van der Waals surface area (Å²) in [6.45, 7) is -0.852. The molecule has 2 fully saturated rings. The molecule has 45 heavy (non-hydrogen) atoms. The van der Waals surface area contributed by atoms with Gasteiger partial charge in [-0.25, -0.2) is 0 Å². The lowest BCUT2D eigenvalue weighted by atomic mass is 9.65. The summed E-state index contributed by atoms with van der Waals surface area (Å²) < 4.78 is 38.8. The van der Waals surface area contributed by atoms with Gasteiger partial charge in [-0.2, -0.15) is 0 Å². The number of hydrogen-bond donors (Lipinski definition) is 6. The Kier molecular flexibility index (Phi) is 8.18. The van der Waals surface area contributed by atoms with Crippen molar-refractivity contribution in [2.24, 2.45) is 11.8 Å². The molecule has 244 valence electrons. The molecule has 0 saturated carbocycles. The van der Waals surface area contributed by atoms with Crippen LogP contribution < -0.4 is 29.0 Å². The summed E-state index contributed by atoms with van der Waals surface area (Å²) in [6, 6.07) is 6.12. The van der Waals surface area contributed by atoms with Crippen LogP contribution in [0.4, 0.5) is 0 Å². The number of fused-ring (bicyclic) bond motifs is 3. The van der Waals surface area contributed by atoms with Gasteiger partial charge >= 0.3 is 5.97 Å². The van der Waals surface area contributed by atoms with E-state index in [9.17, 15) is 35.1 Å². The second-order valence-electron chi connectivity index (χ2n) is 11.4. The molecular formula is C30H35NO14. The molecule has 1 aliphatic carbocycles. The number of esters is 1. The Balaban J connectivity index is 1.41. The summed E-state index contributed by atoms with van der Waals surface area (Å²) in [7, 11) is 4.44. The molecule has 9 atom stereocenters. The van der Waals surface area contributed by atoms with Crippen LogP contribution in [0.5, 0.6) is 28.7 Å². The highest BCUT2D eigenvalue weighted by molar-refractivity contribution is 5.81. The van der Waals surface area contributed by atoms with Crippen LogP contribution in [0.1, 0.15) is 35.1 Å². The van der Waals surface area contributed by atoms with Crippen molar-refractivity contribution >= 4 is 11.9 Å². The summed E-state index contributed by atoms with van der Waals surface area (Å²) >= 11 is 0. The number of aliphatic hydroxyl groups is 5. The van der Waals surface area contributed by atoms with Crippen LogP contribution in [0.2, 0.25) is 0 Å². The van der Waals surface area contributed by atoms with E-state index in [0.29, 0.717) is 45.4 Å². The maximum absolute atomic E-state index is 13.5. The predicted octanol–water partition coefficient (Wildman–Crippen LogP) is -0.914. The van der Waals surface area contributed by atoms with E-state index < -0.39 is 78.9 Å². The average molecular weight is 634 g/mol. The number of aliphatic hydroxyl groups excluding tert-OH is 4. The van der Waals surface area contributed by atoms with Gasteiger partial charge in [0.05, 0.1) is 52.9 Å². The molecule has 0 bridgehead atoms. The van der Waals surface area contributed by atoms with Gasteiger partial charge in [0, 0.05) is 11.8 Å². The summed E-state index contributed by atoms with van der Waals surface area (Å²) in [5, 5.41) is 54.2. The smallest absolute Gasteiger partial charge is 0.310 e. The van der Waals surface area contributed by atoms with E-state index in [0.717, 1.165) is 0 Å². The minimum absolute atomic E-state index is 0.0263. The predicted molar refractivity (Wildman–Crippen MR) is 149 cm³/mol. The number of benzene rings is 2. The van der Waals surface area contributed by atoms with Crippen molar-refractivity contribution in [3.8, 4) is 28.7 Å². The van der Waals surface area contributed by atoms with Gasteiger partial charge in [-0.15, -0.1) is 0 Å². The second kappa shape index (κ2) is 11.8. The minimum Gasteiger partial charge on any atom is -0.493 e. The number of hydrogen-bond acceptors (Lipinski definition) is 14. The van der Waals surface area contributed by atoms with Gasteiger partial charge in [0.2, 0.25) is 24.2 Å². The van der Waals surface area contributed by atoms with Crippen LogP contribution in [-0.4, -0.2) is 109 Å². The van der Waals surface area contributed by atoms with Gasteiger partial charge in [0.25, 0.3) is 0 Å². The third-order valence-electron chi connectivity index (χ3n) is 9.02. The third kappa shape index (κ3) is 5.09. The number of methoxy groups -OCH3 is 3. The first-order valence-electron chi connectivity index (χ1n) is 14.3. The van der Waals surface area contributed by atoms with Gasteiger partial charge in [-0.05, 0) is 41.0 Å². The number of cyclic esters (lactones) is 1. The summed E-state index contributed by atoms with van der Waals surface area (Å²) in [6.07, 6.45) is -7.98. The van der Waals surface area contributed by atoms with Crippen LogP contribution in [0.25, 0.3) is 0 Å². The number of amides is 1. The van der Waals surface area contributed by atoms with Gasteiger partial charge in [0.15, 0.2) is 23.0 Å². The maximum atomic E-state index is 13.5. The van der Waals surface area contributed by atoms with Gasteiger partial charge < -0.3 is 64.0 Å². The van der Waals surface area contributed by atoms with Crippen molar-refractivity contribution in [3.63, 3.8) is 0 Å². The number of ether oxygens (including phenoxy) is 7. The first-order valence-corrected chi connectivity index (χ1v) is 14.3. The largest absolute Gasteiger partial charge is 0.493 e. The number of carbonyl (C=O) groups excluding carboxylic acids is 2. The molecule has 3 heterocycles. The van der Waals surface area contributed by atoms with Crippen molar-refractivity contribution < 1.29 is 68.3 Å². The Morgan fingerprint density at radius 2 is 1.60 bits per heavy atom. The van der Waals surface area contributed by atoms with Gasteiger partial charge in [-0.3, -0.25) is 9.59 Å². The molecule has 15 heteroatoms. The Labute approximate surface area is 257 Å². The molecule has 3 aliphatic heterocycles. The summed E-state index contributed by atoms with van der Waals surface area (Å²) in [4.78, 5) is 26.9. The van der Waals surface area contributed by atoms with Crippen molar-refractivity contribution in [2.45, 2.75) is 48.6 Å². The molecule has 6 rings (SSSR count). The number of carbonyl (C=O) groups is 2. The molecule has 4 aliphatic rings. The Morgan fingerprint density at radius 3 is 2.20 bits per heavy atom. The fourth-order valence-electron chi connectivity index (χ4n) is 6.85. The monoisotopic (exact) mass is 633 g/mol. The molecule has 0 aromatic heterocycles. The quantitative estimate of drug-likeness (QED) is 0.194. The molecule has 0 radical (unpaired) electrons. The van der Waals surface area contributed by atoms with Crippen LogP contribution in [0.3, 0.4) is 0 Å². The SMILES string of the molecule is COc1cc([C@@H]2c3cc4c(cc3[C@@H](NC(=O)C[C@]3(O)O[C@H](CO)[C@@H](O)[C@H](O)[C@H]3O)[C@H]3COC(=O)[C@H]23)OCO4)cc(OC)c1OC. The van der Waals surface area contributed by atoms with E-state index >= 15 is 0 Å². The highest BCUT2D eigenvalue weighted by Crippen LogP contribution is 2.55. The van der Waals surface area contributed by atoms with Crippen molar-refractivity contribution in [1.82, 2.24) is 5.32 Å². The molecular weight excluding hydrogens is 598 g/mol. The van der Waals surface area contributed by atoms with E-state index in [2.05, 4.69) is 5.32 Å². The number of rotatable bonds is 8. The second-order valence-corrected chi connectivity index (χ2v) is 11.4. The highest BCUT2D eigenvalue weighted by Gasteiger charge is 2.56. The summed E-state index contributed by atoms with van der Waals surface area (Å²) in [5.74, 6) is -3.95. The first kappa shape index (κ1) is 31.1. The lowest BCUT2D eigenvalue weighted by Crippen LogP contribution is -2.66. The van der Waals surface area contributed by atoms with Crippen molar-refractivity contribution in [3.05, 3.63) is 41.0 Å². The highest BCUT2D eigenvalue weighted by atomic mass is 16.7. The Morgan fingerprint density at radius 1 is 0.956 bits per heavy atom. The Bertz CT molecular complexity index is 1460. The zero-order chi connectivity index (χ0) is 32.2. The van der Waals surface area contributed by atoms with E-state index in [1.807, 2.05) is 0 Å².